The van der Waals surface area contributed by atoms with Gasteiger partial charge in [0.1, 0.15) is 5.76 Å². The van der Waals surface area contributed by atoms with Gasteiger partial charge in [-0.05, 0) is 56.5 Å². The first kappa shape index (κ1) is 20.9. The fraction of sp³-hybridized carbons (Fsp3) is 0.375. The standard InChI is InChI=1S/C24H26BrNO4/c1-3-29-20-6-4-5-17-15-21(30-22(17)20)16(2)26-23(27)24(11-13-28-14-12-24)18-7-9-19(25)10-8-18/h4-10,15-16H,3,11-14H2,1-2H3,(H,26,27). The number of fused-ring (bicyclic) bond motifs is 1. The molecular weight excluding hydrogens is 446 g/mol. The van der Waals surface area contributed by atoms with Crippen LogP contribution in [0.3, 0.4) is 0 Å². The van der Waals surface area contributed by atoms with Gasteiger partial charge in [0.15, 0.2) is 11.3 Å². The Morgan fingerprint density at radius 3 is 2.63 bits per heavy atom. The fourth-order valence-corrected chi connectivity index (χ4v) is 4.34. The number of ether oxygens (including phenoxy) is 2. The molecule has 2 aromatic carbocycles. The normalized spacial score (nSPS) is 16.9. The molecule has 30 heavy (non-hydrogen) atoms. The molecule has 1 fully saturated rings. The van der Waals surface area contributed by atoms with Crippen LogP contribution in [0.4, 0.5) is 0 Å². The van der Waals surface area contributed by atoms with Crippen LogP contribution in [0.15, 0.2) is 57.4 Å². The van der Waals surface area contributed by atoms with E-state index in [1.54, 1.807) is 0 Å². The minimum Gasteiger partial charge on any atom is -0.490 e. The summed E-state index contributed by atoms with van der Waals surface area (Å²) in [6.07, 6.45) is 1.31. The molecule has 5 nitrogen and oxygen atoms in total. The second kappa shape index (κ2) is 8.82. The van der Waals surface area contributed by atoms with E-state index in [4.69, 9.17) is 13.9 Å². The molecule has 1 N–H and O–H groups in total. The highest BCUT2D eigenvalue weighted by Gasteiger charge is 2.42. The zero-order valence-electron chi connectivity index (χ0n) is 17.2. The van der Waals surface area contributed by atoms with Gasteiger partial charge in [0.05, 0.1) is 18.1 Å². The number of furan rings is 1. The SMILES string of the molecule is CCOc1cccc2cc(C(C)NC(=O)C3(c4ccc(Br)cc4)CCOCC3)oc12. The molecule has 0 spiro atoms. The largest absolute Gasteiger partial charge is 0.490 e. The molecule has 0 bridgehead atoms. The van der Waals surface area contributed by atoms with Gasteiger partial charge in [-0.3, -0.25) is 4.79 Å². The number of amides is 1. The average Bonchev–Trinajstić information content (AvgIpc) is 3.20. The molecule has 0 radical (unpaired) electrons. The van der Waals surface area contributed by atoms with Crippen LogP contribution < -0.4 is 10.1 Å². The third kappa shape index (κ3) is 3.98. The number of hydrogen-bond donors (Lipinski definition) is 1. The molecule has 1 saturated heterocycles. The minimum atomic E-state index is -0.601. The van der Waals surface area contributed by atoms with Crippen molar-refractivity contribution in [3.8, 4) is 5.75 Å². The number of para-hydroxylation sites is 1. The predicted molar refractivity (Wildman–Crippen MR) is 120 cm³/mol. The molecule has 1 aromatic heterocycles. The number of carbonyl (C=O) groups excluding carboxylic acids is 1. The first-order valence-electron chi connectivity index (χ1n) is 10.3. The number of nitrogens with one attached hydrogen (secondary N) is 1. The van der Waals surface area contributed by atoms with E-state index in [0.717, 1.165) is 21.2 Å². The topological polar surface area (TPSA) is 60.7 Å². The molecular formula is C24H26BrNO4. The highest BCUT2D eigenvalue weighted by molar-refractivity contribution is 9.10. The van der Waals surface area contributed by atoms with E-state index in [-0.39, 0.29) is 11.9 Å². The smallest absolute Gasteiger partial charge is 0.231 e. The van der Waals surface area contributed by atoms with Gasteiger partial charge in [0.2, 0.25) is 5.91 Å². The minimum absolute atomic E-state index is 0.00566. The van der Waals surface area contributed by atoms with E-state index in [1.165, 1.54) is 0 Å². The molecule has 1 unspecified atom stereocenters. The third-order valence-electron chi connectivity index (χ3n) is 5.78. The van der Waals surface area contributed by atoms with Gasteiger partial charge in [-0.1, -0.05) is 40.2 Å². The van der Waals surface area contributed by atoms with E-state index >= 15 is 0 Å². The Balaban J connectivity index is 1.60. The van der Waals surface area contributed by atoms with Gasteiger partial charge in [-0.25, -0.2) is 0 Å². The third-order valence-corrected chi connectivity index (χ3v) is 6.31. The first-order chi connectivity index (χ1) is 14.5. The van der Waals surface area contributed by atoms with Gasteiger partial charge in [0, 0.05) is 23.1 Å². The lowest BCUT2D eigenvalue weighted by Crippen LogP contribution is -2.48. The monoisotopic (exact) mass is 471 g/mol. The highest BCUT2D eigenvalue weighted by Crippen LogP contribution is 2.37. The van der Waals surface area contributed by atoms with Crippen molar-refractivity contribution in [1.82, 2.24) is 5.32 Å². The summed E-state index contributed by atoms with van der Waals surface area (Å²) in [5.74, 6) is 1.44. The van der Waals surface area contributed by atoms with Crippen molar-refractivity contribution in [2.24, 2.45) is 0 Å². The zero-order chi connectivity index (χ0) is 21.1. The molecule has 2 heterocycles. The van der Waals surface area contributed by atoms with Crippen molar-refractivity contribution in [2.45, 2.75) is 38.1 Å². The number of halogens is 1. The van der Waals surface area contributed by atoms with Gasteiger partial charge in [-0.2, -0.15) is 0 Å². The van der Waals surface area contributed by atoms with Crippen LogP contribution in [-0.4, -0.2) is 25.7 Å². The van der Waals surface area contributed by atoms with E-state index in [1.807, 2.05) is 62.4 Å². The first-order valence-corrected chi connectivity index (χ1v) is 11.1. The Hall–Kier alpha value is -2.31. The van der Waals surface area contributed by atoms with Crippen LogP contribution in [0.1, 0.15) is 44.1 Å². The maximum Gasteiger partial charge on any atom is 0.231 e. The second-order valence-corrected chi connectivity index (χ2v) is 8.57. The molecule has 1 aliphatic heterocycles. The number of rotatable bonds is 6. The Morgan fingerprint density at radius 2 is 1.93 bits per heavy atom. The molecule has 4 rings (SSSR count). The summed E-state index contributed by atoms with van der Waals surface area (Å²) < 4.78 is 18.3. The van der Waals surface area contributed by atoms with Crippen LogP contribution in [0.25, 0.3) is 11.0 Å². The lowest BCUT2D eigenvalue weighted by molar-refractivity contribution is -0.131. The summed E-state index contributed by atoms with van der Waals surface area (Å²) in [5, 5.41) is 4.16. The van der Waals surface area contributed by atoms with Crippen LogP contribution in [-0.2, 0) is 14.9 Å². The Labute approximate surface area is 184 Å². The van der Waals surface area contributed by atoms with Crippen LogP contribution in [0.2, 0.25) is 0 Å². The predicted octanol–water partition coefficient (Wildman–Crippen LogP) is 5.52. The number of benzene rings is 2. The fourth-order valence-electron chi connectivity index (χ4n) is 4.08. The molecule has 1 amide bonds. The van der Waals surface area contributed by atoms with Crippen molar-refractivity contribution in [3.63, 3.8) is 0 Å². The zero-order valence-corrected chi connectivity index (χ0v) is 18.8. The second-order valence-electron chi connectivity index (χ2n) is 7.65. The summed E-state index contributed by atoms with van der Waals surface area (Å²) in [5.41, 5.74) is 1.13. The van der Waals surface area contributed by atoms with Crippen LogP contribution in [0, 0.1) is 0 Å². The molecule has 6 heteroatoms. The summed E-state index contributed by atoms with van der Waals surface area (Å²) >= 11 is 3.48. The molecule has 0 aliphatic carbocycles. The van der Waals surface area contributed by atoms with Crippen molar-refractivity contribution in [2.75, 3.05) is 19.8 Å². The van der Waals surface area contributed by atoms with E-state index in [2.05, 4.69) is 21.2 Å². The van der Waals surface area contributed by atoms with E-state index < -0.39 is 5.41 Å². The lowest BCUT2D eigenvalue weighted by atomic mass is 9.73. The average molecular weight is 472 g/mol. The van der Waals surface area contributed by atoms with Crippen molar-refractivity contribution in [3.05, 3.63) is 64.3 Å². The quantitative estimate of drug-likeness (QED) is 0.513. The van der Waals surface area contributed by atoms with Gasteiger partial charge < -0.3 is 19.2 Å². The molecule has 158 valence electrons. The van der Waals surface area contributed by atoms with Gasteiger partial charge in [-0.15, -0.1) is 0 Å². The number of hydrogen-bond acceptors (Lipinski definition) is 4. The summed E-state index contributed by atoms with van der Waals surface area (Å²) in [6, 6.07) is 15.5. The number of carbonyl (C=O) groups is 1. The Bertz CT molecular complexity index is 1020. The Morgan fingerprint density at radius 1 is 1.20 bits per heavy atom. The van der Waals surface area contributed by atoms with E-state index in [0.29, 0.717) is 44.0 Å². The van der Waals surface area contributed by atoms with Gasteiger partial charge >= 0.3 is 0 Å². The maximum absolute atomic E-state index is 13.5. The van der Waals surface area contributed by atoms with Crippen molar-refractivity contribution in [1.29, 1.82) is 0 Å². The molecule has 1 aliphatic rings. The van der Waals surface area contributed by atoms with E-state index in [9.17, 15) is 4.79 Å². The van der Waals surface area contributed by atoms with Gasteiger partial charge in [0.25, 0.3) is 0 Å². The lowest BCUT2D eigenvalue weighted by Gasteiger charge is -2.37. The maximum atomic E-state index is 13.5. The summed E-state index contributed by atoms with van der Waals surface area (Å²) in [7, 11) is 0. The molecule has 0 saturated carbocycles. The van der Waals surface area contributed by atoms with Crippen LogP contribution in [0.5, 0.6) is 5.75 Å². The van der Waals surface area contributed by atoms with Crippen molar-refractivity contribution < 1.29 is 18.7 Å². The summed E-state index contributed by atoms with van der Waals surface area (Å²) in [4.78, 5) is 13.5. The summed E-state index contributed by atoms with van der Waals surface area (Å²) in [6.45, 7) is 5.60. The Kier molecular flexibility index (Phi) is 6.16. The van der Waals surface area contributed by atoms with Crippen LogP contribution >= 0.6 is 15.9 Å². The molecule has 3 aromatic rings. The highest BCUT2D eigenvalue weighted by atomic mass is 79.9. The van der Waals surface area contributed by atoms with Crippen molar-refractivity contribution >= 4 is 32.8 Å². The molecule has 1 atom stereocenters.